The van der Waals surface area contributed by atoms with Crippen molar-refractivity contribution in [2.45, 2.75) is 6.92 Å². The molecule has 6 rings (SSSR count). The molecule has 0 atom stereocenters. The lowest BCUT2D eigenvalue weighted by molar-refractivity contribution is 1.33. The normalized spacial score (nSPS) is 12.3. The molecule has 2 nitrogen and oxygen atoms in total. The third-order valence-corrected chi connectivity index (χ3v) is 6.68. The zero-order chi connectivity index (χ0) is 23.8. The maximum atomic E-state index is 4.55. The van der Waals surface area contributed by atoms with Gasteiger partial charge in [-0.2, -0.15) is 0 Å². The van der Waals surface area contributed by atoms with E-state index in [-0.39, 0.29) is 0 Å². The Morgan fingerprint density at radius 2 is 1.37 bits per heavy atom. The number of pyridine rings is 1. The van der Waals surface area contributed by atoms with Gasteiger partial charge in [-0.15, -0.1) is 0 Å². The van der Waals surface area contributed by atoms with Gasteiger partial charge in [0.25, 0.3) is 0 Å². The molecule has 2 heteroatoms. The van der Waals surface area contributed by atoms with E-state index in [1.807, 2.05) is 31.5 Å². The summed E-state index contributed by atoms with van der Waals surface area (Å²) in [7, 11) is 0. The van der Waals surface area contributed by atoms with Crippen molar-refractivity contribution >= 4 is 38.0 Å². The Bertz CT molecular complexity index is 1760. The van der Waals surface area contributed by atoms with Crippen molar-refractivity contribution in [1.29, 1.82) is 0 Å². The molecule has 6 aromatic rings. The zero-order valence-corrected chi connectivity index (χ0v) is 19.6. The molecular weight excluding hydrogens is 424 g/mol. The SMILES string of the molecule is C=CC(=N/C=C\C)c1cccc(-c2ccc3ccc4ccc(-c5ccncc5)c5ccc2c3c45)c1. The number of hydrogen-bond acceptors (Lipinski definition) is 2. The summed E-state index contributed by atoms with van der Waals surface area (Å²) in [5.74, 6) is 0. The fourth-order valence-corrected chi connectivity index (χ4v) is 5.08. The molecule has 0 bridgehead atoms. The predicted octanol–water partition coefficient (Wildman–Crippen LogP) is 8.82. The van der Waals surface area contributed by atoms with Crippen molar-refractivity contribution in [3.05, 3.63) is 128 Å². The number of benzene rings is 5. The molecule has 0 amide bonds. The largest absolute Gasteiger partial charge is 0.265 e. The molecule has 0 fully saturated rings. The molecule has 0 aliphatic carbocycles. The number of aromatic nitrogens is 1. The van der Waals surface area contributed by atoms with Gasteiger partial charge in [-0.1, -0.05) is 79.4 Å². The lowest BCUT2D eigenvalue weighted by Gasteiger charge is -2.17. The average Bonchev–Trinajstić information content (AvgIpc) is 2.92. The van der Waals surface area contributed by atoms with Crippen LogP contribution in [0.15, 0.2) is 127 Å². The van der Waals surface area contributed by atoms with E-state index < -0.39 is 0 Å². The molecule has 0 N–H and O–H groups in total. The molecule has 1 heterocycles. The first-order chi connectivity index (χ1) is 17.3. The molecule has 166 valence electrons. The van der Waals surface area contributed by atoms with Crippen molar-refractivity contribution in [2.75, 3.05) is 0 Å². The second-order valence-electron chi connectivity index (χ2n) is 8.67. The topological polar surface area (TPSA) is 25.2 Å². The highest BCUT2D eigenvalue weighted by Gasteiger charge is 2.15. The van der Waals surface area contributed by atoms with E-state index in [1.165, 1.54) is 54.6 Å². The highest BCUT2D eigenvalue weighted by atomic mass is 14.7. The molecule has 0 unspecified atom stereocenters. The van der Waals surface area contributed by atoms with Crippen LogP contribution in [0, 0.1) is 0 Å². The maximum Gasteiger partial charge on any atom is 0.0696 e. The van der Waals surface area contributed by atoms with Crippen molar-refractivity contribution in [3.63, 3.8) is 0 Å². The van der Waals surface area contributed by atoms with Crippen LogP contribution in [0.1, 0.15) is 12.5 Å². The standard InChI is InChI=1S/C33H24N2/c1-3-18-35-31(4-2)26-7-5-6-25(21-26)28-13-11-24-9-8-23-10-12-27(22-16-19-34-20-17-22)29-14-15-30(28)33(24)32(23)29/h3-21H,2H2,1H3/b18-3-,35-31?. The number of aliphatic imine (C=N–C) groups is 1. The molecular formula is C33H24N2. The van der Waals surface area contributed by atoms with Gasteiger partial charge >= 0.3 is 0 Å². The van der Waals surface area contributed by atoms with Gasteiger partial charge in [0, 0.05) is 24.2 Å². The van der Waals surface area contributed by atoms with Crippen molar-refractivity contribution in [2.24, 2.45) is 4.99 Å². The molecule has 0 aliphatic rings. The Labute approximate surface area is 204 Å². The summed E-state index contributed by atoms with van der Waals surface area (Å²) in [5.41, 5.74) is 6.73. The van der Waals surface area contributed by atoms with Gasteiger partial charge in [0.2, 0.25) is 0 Å². The van der Waals surface area contributed by atoms with Crippen LogP contribution in [0.25, 0.3) is 54.6 Å². The number of allylic oxidation sites excluding steroid dienone is 2. The second kappa shape index (κ2) is 8.66. The lowest BCUT2D eigenvalue weighted by Crippen LogP contribution is -1.96. The Balaban J connectivity index is 1.62. The monoisotopic (exact) mass is 448 g/mol. The van der Waals surface area contributed by atoms with Gasteiger partial charge in [0.15, 0.2) is 0 Å². The highest BCUT2D eigenvalue weighted by Crippen LogP contribution is 2.42. The van der Waals surface area contributed by atoms with Gasteiger partial charge in [0.1, 0.15) is 0 Å². The first kappa shape index (κ1) is 21.0. The quantitative estimate of drug-likeness (QED) is 0.191. The fourth-order valence-electron chi connectivity index (χ4n) is 5.08. The van der Waals surface area contributed by atoms with Crippen LogP contribution in [0.5, 0.6) is 0 Å². The Kier molecular flexibility index (Phi) is 5.20. The fraction of sp³-hybridized carbons (Fsp3) is 0.0303. The highest BCUT2D eigenvalue weighted by molar-refractivity contribution is 6.27. The molecule has 0 spiro atoms. The van der Waals surface area contributed by atoms with Gasteiger partial charge in [-0.05, 0) is 85.8 Å². The Morgan fingerprint density at radius 1 is 0.743 bits per heavy atom. The van der Waals surface area contributed by atoms with Gasteiger partial charge in [-0.25, -0.2) is 0 Å². The minimum atomic E-state index is 0.865. The summed E-state index contributed by atoms with van der Waals surface area (Å²) in [5, 5.41) is 7.67. The van der Waals surface area contributed by atoms with Gasteiger partial charge in [-0.3, -0.25) is 9.98 Å². The van der Waals surface area contributed by atoms with E-state index in [4.69, 9.17) is 0 Å². The summed E-state index contributed by atoms with van der Waals surface area (Å²) < 4.78 is 0. The van der Waals surface area contributed by atoms with E-state index in [0.29, 0.717) is 0 Å². The van der Waals surface area contributed by atoms with Crippen LogP contribution < -0.4 is 0 Å². The Morgan fingerprint density at radius 3 is 2.00 bits per heavy atom. The number of hydrogen-bond donors (Lipinski definition) is 0. The van der Waals surface area contributed by atoms with Crippen LogP contribution >= 0.6 is 0 Å². The lowest BCUT2D eigenvalue weighted by atomic mass is 9.87. The summed E-state index contributed by atoms with van der Waals surface area (Å²) in [4.78, 5) is 8.75. The molecule has 5 aromatic carbocycles. The van der Waals surface area contributed by atoms with E-state index in [1.54, 1.807) is 6.20 Å². The molecule has 35 heavy (non-hydrogen) atoms. The first-order valence-electron chi connectivity index (χ1n) is 11.8. The van der Waals surface area contributed by atoms with E-state index >= 15 is 0 Å². The molecule has 0 radical (unpaired) electrons. The Hall–Kier alpha value is -4.56. The average molecular weight is 449 g/mol. The second-order valence-corrected chi connectivity index (χ2v) is 8.67. The summed E-state index contributed by atoms with van der Waals surface area (Å²) in [6.45, 7) is 5.93. The minimum absolute atomic E-state index is 0.865. The molecule has 0 aliphatic heterocycles. The van der Waals surface area contributed by atoms with Crippen LogP contribution in [0.3, 0.4) is 0 Å². The van der Waals surface area contributed by atoms with Gasteiger partial charge in [0.05, 0.1) is 5.71 Å². The zero-order valence-electron chi connectivity index (χ0n) is 19.6. The molecule has 0 saturated heterocycles. The van der Waals surface area contributed by atoms with Crippen molar-refractivity contribution < 1.29 is 0 Å². The molecule has 1 aromatic heterocycles. The van der Waals surface area contributed by atoms with E-state index in [9.17, 15) is 0 Å². The van der Waals surface area contributed by atoms with Crippen LogP contribution in [0.4, 0.5) is 0 Å². The van der Waals surface area contributed by atoms with E-state index in [0.717, 1.165) is 11.3 Å². The minimum Gasteiger partial charge on any atom is -0.265 e. The summed E-state index contributed by atoms with van der Waals surface area (Å²) >= 11 is 0. The van der Waals surface area contributed by atoms with Gasteiger partial charge < -0.3 is 0 Å². The van der Waals surface area contributed by atoms with Crippen molar-refractivity contribution in [3.8, 4) is 22.3 Å². The van der Waals surface area contributed by atoms with Crippen LogP contribution in [-0.4, -0.2) is 10.7 Å². The third kappa shape index (κ3) is 3.51. The number of nitrogens with zero attached hydrogens (tertiary/aromatic N) is 2. The maximum absolute atomic E-state index is 4.55. The van der Waals surface area contributed by atoms with Crippen LogP contribution in [0.2, 0.25) is 0 Å². The van der Waals surface area contributed by atoms with Crippen LogP contribution in [-0.2, 0) is 0 Å². The summed E-state index contributed by atoms with van der Waals surface area (Å²) in [6, 6.07) is 30.7. The smallest absolute Gasteiger partial charge is 0.0696 e. The third-order valence-electron chi connectivity index (χ3n) is 6.68. The summed E-state index contributed by atoms with van der Waals surface area (Å²) in [6.07, 6.45) is 9.25. The van der Waals surface area contributed by atoms with E-state index in [2.05, 4.69) is 101 Å². The number of rotatable bonds is 5. The first-order valence-corrected chi connectivity index (χ1v) is 11.8. The van der Waals surface area contributed by atoms with Crippen molar-refractivity contribution in [1.82, 2.24) is 4.98 Å². The molecule has 0 saturated carbocycles. The predicted molar refractivity (Wildman–Crippen MR) is 150 cm³/mol.